The Morgan fingerprint density at radius 2 is 1.94 bits per heavy atom. The average Bonchev–Trinajstić information content (AvgIpc) is 2.66. The molecule has 0 aliphatic heterocycles. The Morgan fingerprint density at radius 3 is 2.78 bits per heavy atom. The summed E-state index contributed by atoms with van der Waals surface area (Å²) in [6, 6.07) is 15.6. The molecule has 1 aromatic heterocycles. The van der Waals surface area contributed by atoms with Gasteiger partial charge in [-0.1, -0.05) is 42.0 Å². The maximum absolute atomic E-state index is 11.8. The molecule has 0 N–H and O–H groups in total. The number of oxazole rings is 1. The SMILES string of the molecule is Cc1cccc(Cn2c(=O)oc3ccccc32)c1. The van der Waals surface area contributed by atoms with E-state index in [2.05, 4.69) is 6.07 Å². The zero-order valence-electron chi connectivity index (χ0n) is 10.1. The number of hydrogen-bond donors (Lipinski definition) is 0. The van der Waals surface area contributed by atoms with Crippen LogP contribution in [0.1, 0.15) is 11.1 Å². The van der Waals surface area contributed by atoms with Crippen molar-refractivity contribution in [1.82, 2.24) is 4.57 Å². The fraction of sp³-hybridized carbons (Fsp3) is 0.133. The van der Waals surface area contributed by atoms with E-state index in [4.69, 9.17) is 4.42 Å². The molecule has 18 heavy (non-hydrogen) atoms. The van der Waals surface area contributed by atoms with Crippen LogP contribution in [0.25, 0.3) is 11.1 Å². The number of nitrogens with zero attached hydrogens (tertiary/aromatic N) is 1. The lowest BCUT2D eigenvalue weighted by molar-refractivity contribution is 0.517. The Labute approximate surface area is 104 Å². The van der Waals surface area contributed by atoms with Crippen LogP contribution in [0.5, 0.6) is 0 Å². The molecule has 0 bridgehead atoms. The van der Waals surface area contributed by atoms with E-state index in [1.165, 1.54) is 5.56 Å². The molecular formula is C15H13NO2. The van der Waals surface area contributed by atoms with Crippen LogP contribution in [0.2, 0.25) is 0 Å². The van der Waals surface area contributed by atoms with Gasteiger partial charge in [-0.15, -0.1) is 0 Å². The molecule has 0 atom stereocenters. The fourth-order valence-electron chi connectivity index (χ4n) is 2.16. The smallest absolute Gasteiger partial charge is 0.408 e. The van der Waals surface area contributed by atoms with Crippen molar-refractivity contribution in [3.05, 3.63) is 70.2 Å². The van der Waals surface area contributed by atoms with Gasteiger partial charge in [0.2, 0.25) is 0 Å². The maximum Gasteiger partial charge on any atom is 0.420 e. The summed E-state index contributed by atoms with van der Waals surface area (Å²) in [6.45, 7) is 2.58. The van der Waals surface area contributed by atoms with Crippen molar-refractivity contribution >= 4 is 11.1 Å². The average molecular weight is 239 g/mol. The van der Waals surface area contributed by atoms with Crippen molar-refractivity contribution in [3.63, 3.8) is 0 Å². The number of hydrogen-bond acceptors (Lipinski definition) is 2. The number of benzene rings is 2. The molecule has 3 aromatic rings. The van der Waals surface area contributed by atoms with Crippen LogP contribution in [-0.2, 0) is 6.54 Å². The van der Waals surface area contributed by atoms with E-state index < -0.39 is 0 Å². The van der Waals surface area contributed by atoms with Crippen LogP contribution < -0.4 is 5.76 Å². The normalized spacial score (nSPS) is 10.9. The summed E-state index contributed by atoms with van der Waals surface area (Å²) >= 11 is 0. The second kappa shape index (κ2) is 4.18. The first-order valence-electron chi connectivity index (χ1n) is 5.88. The Balaban J connectivity index is 2.10. The van der Waals surface area contributed by atoms with Crippen molar-refractivity contribution in [2.24, 2.45) is 0 Å². The summed E-state index contributed by atoms with van der Waals surface area (Å²) in [4.78, 5) is 11.8. The van der Waals surface area contributed by atoms with Crippen molar-refractivity contribution < 1.29 is 4.42 Å². The second-order valence-electron chi connectivity index (χ2n) is 4.41. The molecule has 0 unspecified atom stereocenters. The van der Waals surface area contributed by atoms with Crippen molar-refractivity contribution in [1.29, 1.82) is 0 Å². The fourth-order valence-corrected chi connectivity index (χ4v) is 2.16. The topological polar surface area (TPSA) is 35.1 Å². The summed E-state index contributed by atoms with van der Waals surface area (Å²) in [5.74, 6) is -0.308. The van der Waals surface area contributed by atoms with Gasteiger partial charge in [-0.05, 0) is 24.6 Å². The first kappa shape index (κ1) is 10.8. The minimum atomic E-state index is -0.308. The number of aryl methyl sites for hydroxylation is 1. The number of aromatic nitrogens is 1. The van der Waals surface area contributed by atoms with Gasteiger partial charge in [0.25, 0.3) is 0 Å². The summed E-state index contributed by atoms with van der Waals surface area (Å²) < 4.78 is 6.87. The third-order valence-corrected chi connectivity index (χ3v) is 3.00. The van der Waals surface area contributed by atoms with Gasteiger partial charge in [-0.3, -0.25) is 4.57 Å². The van der Waals surface area contributed by atoms with Crippen molar-refractivity contribution in [2.75, 3.05) is 0 Å². The Morgan fingerprint density at radius 1 is 1.11 bits per heavy atom. The summed E-state index contributed by atoms with van der Waals surface area (Å²) in [7, 11) is 0. The van der Waals surface area contributed by atoms with Crippen LogP contribution in [0, 0.1) is 6.92 Å². The highest BCUT2D eigenvalue weighted by molar-refractivity contribution is 5.72. The lowest BCUT2D eigenvalue weighted by Crippen LogP contribution is -2.14. The molecule has 0 aliphatic rings. The molecule has 1 heterocycles. The zero-order valence-corrected chi connectivity index (χ0v) is 10.1. The highest BCUT2D eigenvalue weighted by Crippen LogP contribution is 2.14. The van der Waals surface area contributed by atoms with E-state index >= 15 is 0 Å². The van der Waals surface area contributed by atoms with Gasteiger partial charge in [-0.2, -0.15) is 0 Å². The van der Waals surface area contributed by atoms with Gasteiger partial charge in [-0.25, -0.2) is 4.79 Å². The molecule has 0 amide bonds. The Kier molecular flexibility index (Phi) is 2.52. The first-order chi connectivity index (χ1) is 8.74. The maximum atomic E-state index is 11.8. The van der Waals surface area contributed by atoms with E-state index in [9.17, 15) is 4.79 Å². The molecule has 3 heteroatoms. The second-order valence-corrected chi connectivity index (χ2v) is 4.41. The van der Waals surface area contributed by atoms with Crippen LogP contribution >= 0.6 is 0 Å². The molecular weight excluding hydrogens is 226 g/mol. The van der Waals surface area contributed by atoms with E-state index in [0.29, 0.717) is 12.1 Å². The number of fused-ring (bicyclic) bond motifs is 1. The highest BCUT2D eigenvalue weighted by atomic mass is 16.4. The van der Waals surface area contributed by atoms with E-state index in [-0.39, 0.29) is 5.76 Å². The minimum Gasteiger partial charge on any atom is -0.408 e. The third-order valence-electron chi connectivity index (χ3n) is 3.00. The van der Waals surface area contributed by atoms with E-state index in [0.717, 1.165) is 11.1 Å². The molecule has 0 saturated carbocycles. The predicted octanol–water partition coefficient (Wildman–Crippen LogP) is 2.95. The largest absolute Gasteiger partial charge is 0.420 e. The number of para-hydroxylation sites is 2. The molecule has 0 saturated heterocycles. The molecule has 0 fully saturated rings. The van der Waals surface area contributed by atoms with Crippen LogP contribution in [0.4, 0.5) is 0 Å². The molecule has 0 spiro atoms. The van der Waals surface area contributed by atoms with Crippen molar-refractivity contribution in [2.45, 2.75) is 13.5 Å². The third kappa shape index (κ3) is 1.84. The molecule has 2 aromatic carbocycles. The predicted molar refractivity (Wildman–Crippen MR) is 70.8 cm³/mol. The van der Waals surface area contributed by atoms with Gasteiger partial charge in [0.1, 0.15) is 0 Å². The molecule has 90 valence electrons. The molecule has 0 radical (unpaired) electrons. The summed E-state index contributed by atoms with van der Waals surface area (Å²) in [5, 5.41) is 0. The van der Waals surface area contributed by atoms with E-state index in [1.54, 1.807) is 4.57 Å². The first-order valence-corrected chi connectivity index (χ1v) is 5.88. The quantitative estimate of drug-likeness (QED) is 0.689. The van der Waals surface area contributed by atoms with Crippen molar-refractivity contribution in [3.8, 4) is 0 Å². The van der Waals surface area contributed by atoms with Crippen LogP contribution in [-0.4, -0.2) is 4.57 Å². The summed E-state index contributed by atoms with van der Waals surface area (Å²) in [6.07, 6.45) is 0. The lowest BCUT2D eigenvalue weighted by atomic mass is 10.1. The summed E-state index contributed by atoms with van der Waals surface area (Å²) in [5.41, 5.74) is 3.76. The van der Waals surface area contributed by atoms with E-state index in [1.807, 2.05) is 49.4 Å². The van der Waals surface area contributed by atoms with Gasteiger partial charge >= 0.3 is 5.76 Å². The zero-order chi connectivity index (χ0) is 12.5. The lowest BCUT2D eigenvalue weighted by Gasteiger charge is -2.03. The number of rotatable bonds is 2. The van der Waals surface area contributed by atoms with Crippen LogP contribution in [0.15, 0.2) is 57.7 Å². The van der Waals surface area contributed by atoms with Gasteiger partial charge in [0.15, 0.2) is 5.58 Å². The van der Waals surface area contributed by atoms with Gasteiger partial charge in [0.05, 0.1) is 12.1 Å². The van der Waals surface area contributed by atoms with Gasteiger partial charge in [0, 0.05) is 0 Å². The van der Waals surface area contributed by atoms with Gasteiger partial charge < -0.3 is 4.42 Å². The molecule has 3 rings (SSSR count). The minimum absolute atomic E-state index is 0.308. The molecule has 3 nitrogen and oxygen atoms in total. The highest BCUT2D eigenvalue weighted by Gasteiger charge is 2.08. The van der Waals surface area contributed by atoms with Crippen LogP contribution in [0.3, 0.4) is 0 Å². The molecule has 0 aliphatic carbocycles. The Hall–Kier alpha value is -2.29. The monoisotopic (exact) mass is 239 g/mol. The standard InChI is InChI=1S/C15H13NO2/c1-11-5-4-6-12(9-11)10-16-13-7-2-3-8-14(13)18-15(16)17/h2-9H,10H2,1H3. The Bertz CT molecular complexity index is 752.